The number of hydrogen-bond donors (Lipinski definition) is 0. The number of methoxy groups -OCH3 is 1. The fourth-order valence-corrected chi connectivity index (χ4v) is 3.41. The highest BCUT2D eigenvalue weighted by Crippen LogP contribution is 2.29. The minimum atomic E-state index is -0.294. The van der Waals surface area contributed by atoms with Crippen LogP contribution in [0.5, 0.6) is 5.88 Å². The molecule has 6 nitrogen and oxygen atoms in total. The zero-order valence-electron chi connectivity index (χ0n) is 15.0. The Labute approximate surface area is 165 Å². The Morgan fingerprint density at radius 2 is 1.79 bits per heavy atom. The van der Waals surface area contributed by atoms with E-state index >= 15 is 0 Å². The van der Waals surface area contributed by atoms with Crippen LogP contribution in [0.15, 0.2) is 77.2 Å². The summed E-state index contributed by atoms with van der Waals surface area (Å²) in [7, 11) is 1.56. The fraction of sp³-hybridized carbons (Fsp3) is 0.100. The van der Waals surface area contributed by atoms with Crippen molar-refractivity contribution < 1.29 is 9.13 Å². The lowest BCUT2D eigenvalue weighted by Gasteiger charge is -2.10. The molecule has 0 aliphatic heterocycles. The first-order chi connectivity index (χ1) is 13.7. The van der Waals surface area contributed by atoms with E-state index in [1.807, 2.05) is 34.9 Å². The van der Waals surface area contributed by atoms with Crippen LogP contribution in [0.25, 0.3) is 11.4 Å². The largest absolute Gasteiger partial charge is 0.481 e. The Hall–Kier alpha value is -3.26. The van der Waals surface area contributed by atoms with E-state index in [2.05, 4.69) is 20.2 Å². The second-order valence-corrected chi connectivity index (χ2v) is 6.80. The molecule has 0 fully saturated rings. The van der Waals surface area contributed by atoms with Gasteiger partial charge in [0.05, 0.1) is 13.7 Å². The van der Waals surface area contributed by atoms with Crippen molar-refractivity contribution >= 4 is 11.8 Å². The lowest BCUT2D eigenvalue weighted by molar-refractivity contribution is 0.392. The first-order valence-corrected chi connectivity index (χ1v) is 9.32. The van der Waals surface area contributed by atoms with Gasteiger partial charge in [0.1, 0.15) is 5.82 Å². The van der Waals surface area contributed by atoms with Crippen molar-refractivity contribution in [3.8, 4) is 17.3 Å². The zero-order valence-corrected chi connectivity index (χ0v) is 15.8. The molecule has 28 heavy (non-hydrogen) atoms. The monoisotopic (exact) mass is 393 g/mol. The van der Waals surface area contributed by atoms with Gasteiger partial charge in [-0.1, -0.05) is 30.3 Å². The van der Waals surface area contributed by atoms with Crippen LogP contribution < -0.4 is 4.74 Å². The molecule has 0 unspecified atom stereocenters. The van der Waals surface area contributed by atoms with Crippen molar-refractivity contribution in [1.82, 2.24) is 24.7 Å². The van der Waals surface area contributed by atoms with E-state index in [0.29, 0.717) is 28.6 Å². The van der Waals surface area contributed by atoms with Crippen LogP contribution in [0.3, 0.4) is 0 Å². The third-order valence-electron chi connectivity index (χ3n) is 4.00. The quantitative estimate of drug-likeness (QED) is 0.460. The summed E-state index contributed by atoms with van der Waals surface area (Å²) in [5, 5.41) is 9.80. The van der Waals surface area contributed by atoms with Gasteiger partial charge in [0, 0.05) is 17.8 Å². The summed E-state index contributed by atoms with van der Waals surface area (Å²) in [4.78, 5) is 8.59. The number of aromatic nitrogens is 5. The molecule has 0 amide bonds. The highest BCUT2D eigenvalue weighted by Gasteiger charge is 2.17. The van der Waals surface area contributed by atoms with E-state index in [1.165, 1.54) is 23.9 Å². The summed E-state index contributed by atoms with van der Waals surface area (Å²) in [5.41, 5.74) is 1.88. The van der Waals surface area contributed by atoms with Gasteiger partial charge in [-0.15, -0.1) is 10.2 Å². The number of ether oxygens (including phenoxy) is 1. The summed E-state index contributed by atoms with van der Waals surface area (Å²) >= 11 is 1.29. The minimum Gasteiger partial charge on any atom is -0.481 e. The first-order valence-electron chi connectivity index (χ1n) is 8.51. The van der Waals surface area contributed by atoms with Gasteiger partial charge >= 0.3 is 0 Å². The predicted octanol–water partition coefficient (Wildman–Crippen LogP) is 4.08. The Balaban J connectivity index is 1.73. The smallest absolute Gasteiger partial charge is 0.217 e. The van der Waals surface area contributed by atoms with Crippen LogP contribution in [-0.2, 0) is 6.54 Å². The standard InChI is InChI=1S/C20H16FN5OS/c1-27-17-11-12-22-19(23-17)28-20-25-24-18(15-7-9-16(21)10-8-15)26(20)13-14-5-3-2-4-6-14/h2-12H,13H2,1H3. The molecule has 0 aliphatic rings. The van der Waals surface area contributed by atoms with Crippen LogP contribution in [0.2, 0.25) is 0 Å². The van der Waals surface area contributed by atoms with Gasteiger partial charge in [-0.3, -0.25) is 4.57 Å². The Bertz CT molecular complexity index is 1070. The van der Waals surface area contributed by atoms with E-state index in [-0.39, 0.29) is 5.82 Å². The third-order valence-corrected chi connectivity index (χ3v) is 4.87. The number of benzene rings is 2. The number of halogens is 1. The fourth-order valence-electron chi connectivity index (χ4n) is 2.65. The predicted molar refractivity (Wildman–Crippen MR) is 104 cm³/mol. The van der Waals surface area contributed by atoms with Gasteiger partial charge in [0.2, 0.25) is 5.88 Å². The average molecular weight is 393 g/mol. The first kappa shape index (κ1) is 18.1. The van der Waals surface area contributed by atoms with Crippen molar-refractivity contribution in [2.75, 3.05) is 7.11 Å². The molecule has 0 bridgehead atoms. The molecule has 4 rings (SSSR count). The molecule has 0 aliphatic carbocycles. The van der Waals surface area contributed by atoms with E-state index in [4.69, 9.17) is 4.74 Å². The maximum absolute atomic E-state index is 13.3. The second-order valence-electron chi connectivity index (χ2n) is 5.87. The van der Waals surface area contributed by atoms with Crippen LogP contribution in [0, 0.1) is 5.82 Å². The molecule has 4 aromatic rings. The van der Waals surface area contributed by atoms with Crippen LogP contribution in [0.4, 0.5) is 4.39 Å². The Morgan fingerprint density at radius 3 is 2.54 bits per heavy atom. The summed E-state index contributed by atoms with van der Waals surface area (Å²) in [5.74, 6) is 0.830. The van der Waals surface area contributed by atoms with Gasteiger partial charge in [-0.2, -0.15) is 4.98 Å². The van der Waals surface area contributed by atoms with Crippen LogP contribution >= 0.6 is 11.8 Å². The van der Waals surface area contributed by atoms with E-state index in [0.717, 1.165) is 11.1 Å². The molecular formula is C20H16FN5OS. The van der Waals surface area contributed by atoms with Gasteiger partial charge in [-0.05, 0) is 41.6 Å². The minimum absolute atomic E-state index is 0.294. The summed E-state index contributed by atoms with van der Waals surface area (Å²) in [6, 6.07) is 17.9. The van der Waals surface area contributed by atoms with Crippen molar-refractivity contribution in [3.05, 3.63) is 78.2 Å². The van der Waals surface area contributed by atoms with E-state index < -0.39 is 0 Å². The summed E-state index contributed by atoms with van der Waals surface area (Å²) < 4.78 is 20.5. The molecule has 0 spiro atoms. The number of nitrogens with zero attached hydrogens (tertiary/aromatic N) is 5. The van der Waals surface area contributed by atoms with Gasteiger partial charge in [0.15, 0.2) is 16.1 Å². The molecule has 2 aromatic heterocycles. The molecule has 0 N–H and O–H groups in total. The summed E-state index contributed by atoms with van der Waals surface area (Å²) in [6.07, 6.45) is 1.63. The van der Waals surface area contributed by atoms with Crippen molar-refractivity contribution in [1.29, 1.82) is 0 Å². The highest BCUT2D eigenvalue weighted by atomic mass is 32.2. The Morgan fingerprint density at radius 1 is 1.00 bits per heavy atom. The molecule has 0 saturated carbocycles. The van der Waals surface area contributed by atoms with Gasteiger partial charge < -0.3 is 4.74 Å². The Kier molecular flexibility index (Phi) is 5.29. The van der Waals surface area contributed by atoms with Crippen LogP contribution in [-0.4, -0.2) is 31.8 Å². The molecule has 8 heteroatoms. The highest BCUT2D eigenvalue weighted by molar-refractivity contribution is 7.99. The molecular weight excluding hydrogens is 377 g/mol. The topological polar surface area (TPSA) is 65.7 Å². The normalized spacial score (nSPS) is 10.8. The molecule has 2 aromatic carbocycles. The molecule has 0 atom stereocenters. The molecule has 2 heterocycles. The summed E-state index contributed by atoms with van der Waals surface area (Å²) in [6.45, 7) is 0.562. The maximum atomic E-state index is 13.3. The molecule has 0 radical (unpaired) electrons. The molecule has 0 saturated heterocycles. The van der Waals surface area contributed by atoms with Gasteiger partial charge in [0.25, 0.3) is 0 Å². The van der Waals surface area contributed by atoms with E-state index in [1.54, 1.807) is 31.5 Å². The number of hydrogen-bond acceptors (Lipinski definition) is 6. The average Bonchev–Trinajstić information content (AvgIpc) is 3.11. The van der Waals surface area contributed by atoms with Crippen molar-refractivity contribution in [2.24, 2.45) is 0 Å². The second kappa shape index (κ2) is 8.18. The van der Waals surface area contributed by atoms with Gasteiger partial charge in [-0.25, -0.2) is 9.37 Å². The van der Waals surface area contributed by atoms with Crippen molar-refractivity contribution in [3.63, 3.8) is 0 Å². The zero-order chi connectivity index (χ0) is 19.3. The van der Waals surface area contributed by atoms with E-state index in [9.17, 15) is 4.39 Å². The lowest BCUT2D eigenvalue weighted by atomic mass is 10.2. The SMILES string of the molecule is COc1ccnc(Sc2nnc(-c3ccc(F)cc3)n2Cc2ccccc2)n1. The van der Waals surface area contributed by atoms with Crippen molar-refractivity contribution in [2.45, 2.75) is 16.9 Å². The molecule has 140 valence electrons. The third kappa shape index (κ3) is 4.01. The van der Waals surface area contributed by atoms with Crippen LogP contribution in [0.1, 0.15) is 5.56 Å². The number of rotatable bonds is 6. The maximum Gasteiger partial charge on any atom is 0.217 e. The lowest BCUT2D eigenvalue weighted by Crippen LogP contribution is -2.04.